The van der Waals surface area contributed by atoms with Gasteiger partial charge in [-0.1, -0.05) is 13.8 Å². The van der Waals surface area contributed by atoms with Crippen LogP contribution in [0.4, 0.5) is 10.1 Å². The molecule has 0 fully saturated rings. The van der Waals surface area contributed by atoms with Gasteiger partial charge in [0.2, 0.25) is 10.0 Å². The molecule has 0 aromatic heterocycles. The summed E-state index contributed by atoms with van der Waals surface area (Å²) in [5.41, 5.74) is 5.71. The molecule has 8 heteroatoms. The Bertz CT molecular complexity index is 579. The quantitative estimate of drug-likeness (QED) is 0.534. The summed E-state index contributed by atoms with van der Waals surface area (Å²) < 4.78 is 45.6. The number of rotatable bonds is 8. The minimum Gasteiger partial charge on any atom is -0.399 e. The molecule has 0 unspecified atom stereocenters. The first-order valence-electron chi connectivity index (χ1n) is 6.56. The van der Waals surface area contributed by atoms with E-state index >= 15 is 0 Å². The molecule has 0 aliphatic heterocycles. The van der Waals surface area contributed by atoms with Crippen molar-refractivity contribution in [1.29, 1.82) is 0 Å². The van der Waals surface area contributed by atoms with E-state index in [0.29, 0.717) is 25.6 Å². The second-order valence-corrected chi connectivity index (χ2v) is 7.62. The lowest BCUT2D eigenvalue weighted by Crippen LogP contribution is -2.26. The van der Waals surface area contributed by atoms with Crippen molar-refractivity contribution in [3.63, 3.8) is 0 Å². The van der Waals surface area contributed by atoms with Crippen LogP contribution in [0.3, 0.4) is 0 Å². The summed E-state index contributed by atoms with van der Waals surface area (Å²) in [5, 5.41) is 0. The Morgan fingerprint density at radius 2 is 2.10 bits per heavy atom. The van der Waals surface area contributed by atoms with Crippen molar-refractivity contribution in [1.82, 2.24) is 4.72 Å². The number of hydrogen-bond acceptors (Lipinski definition) is 4. The number of sulfonamides is 1. The maximum atomic E-state index is 13.8. The molecule has 5 nitrogen and oxygen atoms in total. The van der Waals surface area contributed by atoms with Crippen LogP contribution in [0.15, 0.2) is 21.5 Å². The highest BCUT2D eigenvalue weighted by atomic mass is 79.9. The summed E-state index contributed by atoms with van der Waals surface area (Å²) in [6, 6.07) is 2.41. The van der Waals surface area contributed by atoms with Crippen molar-refractivity contribution in [2.75, 3.05) is 25.5 Å². The minimum absolute atomic E-state index is 0.0168. The maximum Gasteiger partial charge on any atom is 0.243 e. The molecule has 0 bridgehead atoms. The van der Waals surface area contributed by atoms with Crippen molar-refractivity contribution in [3.05, 3.63) is 22.4 Å². The van der Waals surface area contributed by atoms with Gasteiger partial charge in [0.25, 0.3) is 0 Å². The smallest absolute Gasteiger partial charge is 0.243 e. The van der Waals surface area contributed by atoms with Crippen LogP contribution >= 0.6 is 15.9 Å². The Morgan fingerprint density at radius 1 is 1.43 bits per heavy atom. The largest absolute Gasteiger partial charge is 0.399 e. The number of nitrogens with one attached hydrogen (secondary N) is 1. The van der Waals surface area contributed by atoms with Gasteiger partial charge in [-0.05, 0) is 40.4 Å². The number of anilines is 1. The van der Waals surface area contributed by atoms with Gasteiger partial charge in [0.15, 0.2) is 5.82 Å². The van der Waals surface area contributed by atoms with Crippen LogP contribution in [-0.2, 0) is 14.8 Å². The molecule has 3 N–H and O–H groups in total. The summed E-state index contributed by atoms with van der Waals surface area (Å²) in [6.45, 7) is 5.31. The number of ether oxygens (including phenoxy) is 1. The zero-order valence-electron chi connectivity index (χ0n) is 12.0. The molecule has 0 radical (unpaired) electrons. The highest BCUT2D eigenvalue weighted by Crippen LogP contribution is 2.25. The van der Waals surface area contributed by atoms with E-state index < -0.39 is 20.7 Å². The highest BCUT2D eigenvalue weighted by Gasteiger charge is 2.21. The maximum absolute atomic E-state index is 13.8. The first kappa shape index (κ1) is 18.3. The predicted octanol–water partition coefficient (Wildman–Crippen LogP) is 2.51. The number of benzene rings is 1. The van der Waals surface area contributed by atoms with Crippen LogP contribution in [0.2, 0.25) is 0 Å². The molecule has 0 saturated carbocycles. The van der Waals surface area contributed by atoms with E-state index in [0.717, 1.165) is 6.07 Å². The van der Waals surface area contributed by atoms with Gasteiger partial charge in [0, 0.05) is 25.4 Å². The molecule has 21 heavy (non-hydrogen) atoms. The van der Waals surface area contributed by atoms with Gasteiger partial charge in [-0.15, -0.1) is 0 Å². The zero-order valence-corrected chi connectivity index (χ0v) is 14.4. The molecule has 0 spiro atoms. The van der Waals surface area contributed by atoms with Gasteiger partial charge in [-0.2, -0.15) is 0 Å². The molecule has 1 rings (SSSR count). The number of nitrogen functional groups attached to an aromatic ring is 1. The van der Waals surface area contributed by atoms with Crippen molar-refractivity contribution in [2.24, 2.45) is 5.92 Å². The third-order valence-corrected chi connectivity index (χ3v) is 4.55. The highest BCUT2D eigenvalue weighted by molar-refractivity contribution is 9.10. The fraction of sp³-hybridized carbons (Fsp3) is 0.538. The lowest BCUT2D eigenvalue weighted by molar-refractivity contribution is 0.108. The third-order valence-electron chi connectivity index (χ3n) is 2.52. The molecule has 0 heterocycles. The van der Waals surface area contributed by atoms with Crippen molar-refractivity contribution >= 4 is 31.6 Å². The normalized spacial score (nSPS) is 12.0. The second-order valence-electron chi connectivity index (χ2n) is 5.03. The first-order valence-corrected chi connectivity index (χ1v) is 8.83. The van der Waals surface area contributed by atoms with E-state index in [1.54, 1.807) is 0 Å². The molecule has 0 atom stereocenters. The molecule has 0 amide bonds. The van der Waals surface area contributed by atoms with Crippen LogP contribution in [-0.4, -0.2) is 28.2 Å². The Morgan fingerprint density at radius 3 is 2.71 bits per heavy atom. The molecule has 1 aromatic rings. The van der Waals surface area contributed by atoms with E-state index in [1.165, 1.54) is 6.07 Å². The molecule has 120 valence electrons. The van der Waals surface area contributed by atoms with E-state index in [4.69, 9.17) is 10.5 Å². The number of halogens is 2. The average molecular weight is 383 g/mol. The monoisotopic (exact) mass is 382 g/mol. The van der Waals surface area contributed by atoms with Gasteiger partial charge >= 0.3 is 0 Å². The Labute approximate surface area is 133 Å². The fourth-order valence-electron chi connectivity index (χ4n) is 1.56. The van der Waals surface area contributed by atoms with Crippen molar-refractivity contribution in [2.45, 2.75) is 25.2 Å². The lowest BCUT2D eigenvalue weighted by atomic mass is 10.2. The summed E-state index contributed by atoms with van der Waals surface area (Å²) in [5.74, 6) is -0.423. The summed E-state index contributed by atoms with van der Waals surface area (Å²) >= 11 is 2.94. The molecule has 0 aliphatic rings. The number of nitrogens with two attached hydrogens (primary N) is 1. The van der Waals surface area contributed by atoms with Gasteiger partial charge in [0.1, 0.15) is 4.90 Å². The van der Waals surface area contributed by atoms with Crippen LogP contribution < -0.4 is 10.5 Å². The minimum atomic E-state index is -3.93. The van der Waals surface area contributed by atoms with E-state index in [-0.39, 0.29) is 16.7 Å². The zero-order chi connectivity index (χ0) is 16.0. The van der Waals surface area contributed by atoms with Gasteiger partial charge in [-0.25, -0.2) is 17.5 Å². The van der Waals surface area contributed by atoms with E-state index in [1.807, 2.05) is 13.8 Å². The summed E-state index contributed by atoms with van der Waals surface area (Å²) in [4.78, 5) is -0.461. The molecule has 1 aromatic carbocycles. The number of hydrogen-bond donors (Lipinski definition) is 2. The Hall–Kier alpha value is -0.700. The molecule has 0 aliphatic carbocycles. The van der Waals surface area contributed by atoms with Gasteiger partial charge in [-0.3, -0.25) is 0 Å². The predicted molar refractivity (Wildman–Crippen MR) is 84.0 cm³/mol. The van der Waals surface area contributed by atoms with Crippen LogP contribution in [0.25, 0.3) is 0 Å². The SMILES string of the molecule is CC(C)COCCCNS(=O)(=O)c1cc(N)cc(Br)c1F. The summed E-state index contributed by atoms with van der Waals surface area (Å²) in [7, 11) is -3.93. The van der Waals surface area contributed by atoms with Crippen molar-refractivity contribution in [3.8, 4) is 0 Å². The van der Waals surface area contributed by atoms with Crippen LogP contribution in [0, 0.1) is 11.7 Å². The lowest BCUT2D eigenvalue weighted by Gasteiger charge is -2.10. The Kier molecular flexibility index (Phi) is 7.05. The van der Waals surface area contributed by atoms with Crippen LogP contribution in [0.5, 0.6) is 0 Å². The van der Waals surface area contributed by atoms with Gasteiger partial charge < -0.3 is 10.5 Å². The topological polar surface area (TPSA) is 81.4 Å². The third kappa shape index (κ3) is 5.90. The molecular weight excluding hydrogens is 363 g/mol. The molecule has 0 saturated heterocycles. The fourth-order valence-corrected chi connectivity index (χ4v) is 3.37. The van der Waals surface area contributed by atoms with E-state index in [9.17, 15) is 12.8 Å². The standard InChI is InChI=1S/C13H20BrFN2O3S/c1-9(2)8-20-5-3-4-17-21(18,19)12-7-10(16)6-11(14)13(12)15/h6-7,9,17H,3-5,8,16H2,1-2H3. The van der Waals surface area contributed by atoms with Crippen molar-refractivity contribution < 1.29 is 17.5 Å². The molecular formula is C13H20BrFN2O3S. The van der Waals surface area contributed by atoms with Crippen LogP contribution in [0.1, 0.15) is 20.3 Å². The van der Waals surface area contributed by atoms with E-state index in [2.05, 4.69) is 20.7 Å². The second kappa shape index (κ2) is 8.07. The summed E-state index contributed by atoms with van der Waals surface area (Å²) in [6.07, 6.45) is 0.511. The average Bonchev–Trinajstić information content (AvgIpc) is 2.37. The Balaban J connectivity index is 2.59. The van der Waals surface area contributed by atoms with Gasteiger partial charge in [0.05, 0.1) is 4.47 Å². The first-order chi connectivity index (χ1) is 9.74.